The molecular weight excluding hydrogens is 228 g/mol. The first-order valence-electron chi connectivity index (χ1n) is 5.71. The molecule has 3 nitrogen and oxygen atoms in total. The third-order valence-electron chi connectivity index (χ3n) is 2.34. The highest BCUT2D eigenvalue weighted by molar-refractivity contribution is 5.75. The summed E-state index contributed by atoms with van der Waals surface area (Å²) in [5.41, 5.74) is 0.508. The Bertz CT molecular complexity index is 500. The van der Waals surface area contributed by atoms with Crippen molar-refractivity contribution >= 4 is 6.29 Å². The summed E-state index contributed by atoms with van der Waals surface area (Å²) in [5, 5.41) is 0. The molecule has 0 heterocycles. The Balaban J connectivity index is 2.05. The number of hydrogen-bond donors (Lipinski definition) is 0. The van der Waals surface area contributed by atoms with Gasteiger partial charge in [-0.15, -0.1) is 0 Å². The minimum atomic E-state index is 0.508. The molecule has 0 fully saturated rings. The van der Waals surface area contributed by atoms with E-state index in [0.717, 1.165) is 11.5 Å². The van der Waals surface area contributed by atoms with Crippen molar-refractivity contribution in [3.8, 4) is 17.2 Å². The molecule has 0 aromatic heterocycles. The zero-order chi connectivity index (χ0) is 12.8. The second-order valence-electron chi connectivity index (χ2n) is 3.63. The van der Waals surface area contributed by atoms with Crippen LogP contribution in [0, 0.1) is 0 Å². The van der Waals surface area contributed by atoms with Gasteiger partial charge in [0.25, 0.3) is 0 Å². The Hall–Kier alpha value is -2.29. The molecule has 0 saturated carbocycles. The van der Waals surface area contributed by atoms with Crippen LogP contribution in [0.25, 0.3) is 0 Å². The van der Waals surface area contributed by atoms with E-state index in [9.17, 15) is 4.79 Å². The highest BCUT2D eigenvalue weighted by atomic mass is 16.5. The maximum atomic E-state index is 10.4. The number of carbonyl (C=O) groups excluding carboxylic acids is 1. The van der Waals surface area contributed by atoms with E-state index < -0.39 is 0 Å². The Labute approximate surface area is 106 Å². The average molecular weight is 241 g/mol. The molecule has 18 heavy (non-hydrogen) atoms. The average Bonchev–Trinajstić information content (AvgIpc) is 2.42. The van der Waals surface area contributed by atoms with Gasteiger partial charge in [-0.2, -0.15) is 0 Å². The molecule has 2 rings (SSSR count). The Morgan fingerprint density at radius 3 is 1.89 bits per heavy atom. The Kier molecular flexibility index (Phi) is 3.97. The van der Waals surface area contributed by atoms with Crippen molar-refractivity contribution in [3.05, 3.63) is 54.1 Å². The summed E-state index contributed by atoms with van der Waals surface area (Å²) in [6, 6.07) is 14.2. The van der Waals surface area contributed by atoms with Gasteiger partial charge in [0, 0.05) is 5.56 Å². The number of rotatable bonds is 5. The molecule has 0 amide bonds. The van der Waals surface area contributed by atoms with Crippen LogP contribution < -0.4 is 9.47 Å². The van der Waals surface area contributed by atoms with Gasteiger partial charge in [-0.05, 0) is 55.5 Å². The van der Waals surface area contributed by atoms with Crippen LogP contribution >= 0.6 is 0 Å². The molecule has 2 aromatic carbocycles. The first-order chi connectivity index (χ1) is 8.81. The topological polar surface area (TPSA) is 35.5 Å². The third-order valence-corrected chi connectivity index (χ3v) is 2.34. The fraction of sp³-hybridized carbons (Fsp3) is 0.133. The van der Waals surface area contributed by atoms with Gasteiger partial charge in [0.05, 0.1) is 6.61 Å². The van der Waals surface area contributed by atoms with Crippen LogP contribution in [0.5, 0.6) is 17.2 Å². The van der Waals surface area contributed by atoms with E-state index >= 15 is 0 Å². The molecular formula is C15H13O3. The van der Waals surface area contributed by atoms with E-state index in [4.69, 9.17) is 9.47 Å². The minimum Gasteiger partial charge on any atom is -0.494 e. The molecule has 0 saturated heterocycles. The summed E-state index contributed by atoms with van der Waals surface area (Å²) < 4.78 is 11.0. The molecule has 3 heteroatoms. The van der Waals surface area contributed by atoms with E-state index in [1.807, 2.05) is 37.5 Å². The highest BCUT2D eigenvalue weighted by Crippen LogP contribution is 2.23. The SMILES string of the molecule is CCOc1ccc(Oc2ccc([C]=O)cc2)cc1. The van der Waals surface area contributed by atoms with Gasteiger partial charge in [-0.1, -0.05) is 0 Å². The zero-order valence-electron chi connectivity index (χ0n) is 10.1. The van der Waals surface area contributed by atoms with Crippen LogP contribution in [0.4, 0.5) is 0 Å². The first kappa shape index (κ1) is 12.2. The van der Waals surface area contributed by atoms with E-state index in [-0.39, 0.29) is 0 Å². The fourth-order valence-corrected chi connectivity index (χ4v) is 1.50. The summed E-state index contributed by atoms with van der Waals surface area (Å²) in [4.78, 5) is 10.4. The summed E-state index contributed by atoms with van der Waals surface area (Å²) in [6.07, 6.45) is 1.82. The monoisotopic (exact) mass is 241 g/mol. The van der Waals surface area contributed by atoms with Gasteiger partial charge < -0.3 is 9.47 Å². The molecule has 1 radical (unpaired) electrons. The maximum Gasteiger partial charge on any atom is 0.233 e. The highest BCUT2D eigenvalue weighted by Gasteiger charge is 1.99. The zero-order valence-corrected chi connectivity index (χ0v) is 10.1. The van der Waals surface area contributed by atoms with Crippen molar-refractivity contribution in [2.75, 3.05) is 6.61 Å². The molecule has 0 N–H and O–H groups in total. The lowest BCUT2D eigenvalue weighted by Crippen LogP contribution is -1.91. The van der Waals surface area contributed by atoms with Crippen molar-refractivity contribution in [2.24, 2.45) is 0 Å². The number of ether oxygens (including phenoxy) is 2. The van der Waals surface area contributed by atoms with E-state index in [1.165, 1.54) is 0 Å². The lowest BCUT2D eigenvalue weighted by atomic mass is 10.2. The van der Waals surface area contributed by atoms with E-state index in [2.05, 4.69) is 0 Å². The maximum absolute atomic E-state index is 10.4. The summed E-state index contributed by atoms with van der Waals surface area (Å²) in [7, 11) is 0. The van der Waals surface area contributed by atoms with Gasteiger partial charge in [0.2, 0.25) is 6.29 Å². The van der Waals surface area contributed by atoms with Crippen molar-refractivity contribution in [1.29, 1.82) is 0 Å². The molecule has 0 bridgehead atoms. The predicted octanol–water partition coefficient (Wildman–Crippen LogP) is 3.34. The number of benzene rings is 2. The molecule has 0 atom stereocenters. The molecule has 0 aliphatic carbocycles. The van der Waals surface area contributed by atoms with E-state index in [0.29, 0.717) is 17.9 Å². The minimum absolute atomic E-state index is 0.508. The summed E-state index contributed by atoms with van der Waals surface area (Å²) in [6.45, 7) is 2.58. The molecule has 0 aliphatic rings. The summed E-state index contributed by atoms with van der Waals surface area (Å²) >= 11 is 0. The Morgan fingerprint density at radius 1 is 0.889 bits per heavy atom. The largest absolute Gasteiger partial charge is 0.494 e. The predicted molar refractivity (Wildman–Crippen MR) is 68.9 cm³/mol. The molecule has 2 aromatic rings. The standard InChI is InChI=1S/C15H13O3/c1-2-17-13-7-9-15(10-8-13)18-14-5-3-12(11-16)4-6-14/h3-10H,2H2,1H3. The van der Waals surface area contributed by atoms with Gasteiger partial charge in [0.1, 0.15) is 17.2 Å². The van der Waals surface area contributed by atoms with Crippen molar-refractivity contribution in [3.63, 3.8) is 0 Å². The molecule has 0 spiro atoms. The first-order valence-corrected chi connectivity index (χ1v) is 5.71. The second-order valence-corrected chi connectivity index (χ2v) is 3.63. The van der Waals surface area contributed by atoms with Crippen LogP contribution in [0.2, 0.25) is 0 Å². The quantitative estimate of drug-likeness (QED) is 0.805. The third kappa shape index (κ3) is 3.10. The normalized spacial score (nSPS) is 9.83. The van der Waals surface area contributed by atoms with Crippen LogP contribution in [0.15, 0.2) is 48.5 Å². The summed E-state index contributed by atoms with van der Waals surface area (Å²) in [5.74, 6) is 2.22. The van der Waals surface area contributed by atoms with Crippen LogP contribution in [-0.2, 0) is 4.79 Å². The fourth-order valence-electron chi connectivity index (χ4n) is 1.50. The Morgan fingerprint density at radius 2 is 1.39 bits per heavy atom. The van der Waals surface area contributed by atoms with Gasteiger partial charge in [-0.25, -0.2) is 0 Å². The van der Waals surface area contributed by atoms with Crippen molar-refractivity contribution in [2.45, 2.75) is 6.92 Å². The van der Waals surface area contributed by atoms with Crippen LogP contribution in [0.3, 0.4) is 0 Å². The van der Waals surface area contributed by atoms with Gasteiger partial charge >= 0.3 is 0 Å². The van der Waals surface area contributed by atoms with Crippen molar-refractivity contribution in [1.82, 2.24) is 0 Å². The van der Waals surface area contributed by atoms with E-state index in [1.54, 1.807) is 24.3 Å². The van der Waals surface area contributed by atoms with Crippen LogP contribution in [0.1, 0.15) is 12.5 Å². The molecule has 0 aliphatic heterocycles. The second kappa shape index (κ2) is 5.87. The molecule has 0 unspecified atom stereocenters. The number of hydrogen-bond acceptors (Lipinski definition) is 3. The lowest BCUT2D eigenvalue weighted by Gasteiger charge is -2.07. The van der Waals surface area contributed by atoms with Gasteiger partial charge in [0.15, 0.2) is 0 Å². The molecule has 91 valence electrons. The lowest BCUT2D eigenvalue weighted by molar-refractivity contribution is 0.339. The van der Waals surface area contributed by atoms with Crippen molar-refractivity contribution < 1.29 is 14.3 Å². The van der Waals surface area contributed by atoms with Gasteiger partial charge in [-0.3, -0.25) is 4.79 Å². The smallest absolute Gasteiger partial charge is 0.233 e. The van der Waals surface area contributed by atoms with Crippen LogP contribution in [-0.4, -0.2) is 12.9 Å².